The fourth-order valence-corrected chi connectivity index (χ4v) is 4.58. The average molecular weight is 527 g/mol. The normalized spacial score (nSPS) is 18.8. The lowest BCUT2D eigenvalue weighted by Gasteiger charge is -2.30. The molecule has 200 valence electrons. The number of carbonyl (C=O) groups is 1. The molecule has 3 atom stereocenters. The zero-order valence-corrected chi connectivity index (χ0v) is 22.9. The molecule has 2 aromatic heterocycles. The van der Waals surface area contributed by atoms with Crippen LogP contribution in [0.3, 0.4) is 0 Å². The largest absolute Gasteiger partial charge is 0.351 e. The van der Waals surface area contributed by atoms with Crippen molar-refractivity contribution in [1.29, 1.82) is 5.41 Å². The van der Waals surface area contributed by atoms with E-state index in [0.717, 1.165) is 31.4 Å². The van der Waals surface area contributed by atoms with Crippen LogP contribution in [-0.2, 0) is 11.3 Å². The molecule has 0 radical (unpaired) electrons. The number of nitrogens with zero attached hydrogens (tertiary/aromatic N) is 4. The summed E-state index contributed by atoms with van der Waals surface area (Å²) >= 11 is 6.35. The number of pyridine rings is 1. The van der Waals surface area contributed by atoms with Gasteiger partial charge in [-0.25, -0.2) is 9.97 Å². The summed E-state index contributed by atoms with van der Waals surface area (Å²) in [5.41, 5.74) is 2.30. The number of anilines is 2. The van der Waals surface area contributed by atoms with Gasteiger partial charge in [-0.3, -0.25) is 9.78 Å². The lowest BCUT2D eigenvalue weighted by molar-refractivity contribution is -0.111. The molecule has 3 rings (SSSR count). The maximum atomic E-state index is 12.0. The van der Waals surface area contributed by atoms with E-state index in [0.29, 0.717) is 41.5 Å². The van der Waals surface area contributed by atoms with Crippen molar-refractivity contribution in [1.82, 2.24) is 25.2 Å². The monoisotopic (exact) mass is 526 g/mol. The number of carbonyl (C=O) groups excluding carboxylic acids is 1. The first kappa shape index (κ1) is 28.7. The Hall–Kier alpha value is -2.88. The summed E-state index contributed by atoms with van der Waals surface area (Å²) < 4.78 is 0. The zero-order valence-electron chi connectivity index (χ0n) is 22.2. The lowest BCUT2D eigenvalue weighted by Crippen LogP contribution is -2.39. The van der Waals surface area contributed by atoms with Crippen LogP contribution >= 0.6 is 11.6 Å². The van der Waals surface area contributed by atoms with Crippen LogP contribution in [0.25, 0.3) is 0 Å². The van der Waals surface area contributed by atoms with Gasteiger partial charge in [-0.2, -0.15) is 0 Å². The van der Waals surface area contributed by atoms with Crippen molar-refractivity contribution >= 4 is 35.4 Å². The number of aromatic nitrogens is 3. The minimum Gasteiger partial charge on any atom is -0.351 e. The maximum Gasteiger partial charge on any atom is 0.248 e. The molecule has 1 amide bonds. The first-order valence-electron chi connectivity index (χ1n) is 12.8. The Morgan fingerprint density at radius 3 is 2.68 bits per heavy atom. The number of halogens is 1. The Bertz CT molecular complexity index is 1060. The van der Waals surface area contributed by atoms with E-state index in [4.69, 9.17) is 17.0 Å². The van der Waals surface area contributed by atoms with E-state index in [1.54, 1.807) is 12.4 Å². The second-order valence-electron chi connectivity index (χ2n) is 10.1. The number of rotatable bonds is 12. The summed E-state index contributed by atoms with van der Waals surface area (Å²) in [4.78, 5) is 27.5. The average Bonchev–Trinajstić information content (AvgIpc) is 2.86. The Balaban J connectivity index is 1.50. The molecule has 2 aromatic rings. The van der Waals surface area contributed by atoms with Gasteiger partial charge in [0.1, 0.15) is 0 Å². The molecule has 1 fully saturated rings. The van der Waals surface area contributed by atoms with Crippen molar-refractivity contribution < 1.29 is 4.79 Å². The zero-order chi connectivity index (χ0) is 26.8. The minimum absolute atomic E-state index is 0.136. The van der Waals surface area contributed by atoms with Crippen LogP contribution in [0.2, 0.25) is 5.02 Å². The number of hydrogen-bond donors (Lipinski definition) is 4. The third-order valence-electron chi connectivity index (χ3n) is 6.40. The summed E-state index contributed by atoms with van der Waals surface area (Å²) in [7, 11) is 3.91. The molecule has 0 spiro atoms. The first-order chi connectivity index (χ1) is 17.7. The quantitative estimate of drug-likeness (QED) is 0.238. The molecular weight excluding hydrogens is 488 g/mol. The molecule has 0 aromatic carbocycles. The molecule has 1 saturated carbocycles. The molecule has 9 nitrogen and oxygen atoms in total. The van der Waals surface area contributed by atoms with Gasteiger partial charge in [0.05, 0.1) is 34.5 Å². The molecule has 1 aliphatic carbocycles. The van der Waals surface area contributed by atoms with Crippen molar-refractivity contribution in [2.45, 2.75) is 64.1 Å². The highest BCUT2D eigenvalue weighted by Crippen LogP contribution is 2.28. The van der Waals surface area contributed by atoms with Gasteiger partial charge in [-0.1, -0.05) is 31.5 Å². The van der Waals surface area contributed by atoms with Gasteiger partial charge in [0.2, 0.25) is 11.9 Å². The highest BCUT2D eigenvalue weighted by Gasteiger charge is 2.24. The van der Waals surface area contributed by atoms with Crippen molar-refractivity contribution in [3.05, 3.63) is 53.1 Å². The van der Waals surface area contributed by atoms with E-state index >= 15 is 0 Å². The summed E-state index contributed by atoms with van der Waals surface area (Å²) in [6.45, 7) is 5.49. The van der Waals surface area contributed by atoms with E-state index in [-0.39, 0.29) is 23.8 Å². The smallest absolute Gasteiger partial charge is 0.248 e. The molecule has 0 saturated heterocycles. The number of likely N-dealkylation sites (N-methyl/N-ethyl adjacent to an activating group) is 1. The topological polar surface area (TPSA) is 119 Å². The molecular formula is C27H39ClN8O. The summed E-state index contributed by atoms with van der Waals surface area (Å²) in [5, 5.41) is 18.2. The third kappa shape index (κ3) is 9.18. The van der Waals surface area contributed by atoms with Gasteiger partial charge in [0, 0.05) is 43.4 Å². The molecule has 37 heavy (non-hydrogen) atoms. The predicted molar refractivity (Wildman–Crippen MR) is 150 cm³/mol. The van der Waals surface area contributed by atoms with Crippen LogP contribution in [0.1, 0.15) is 56.8 Å². The molecule has 0 bridgehead atoms. The van der Waals surface area contributed by atoms with Crippen LogP contribution in [0, 0.1) is 11.3 Å². The van der Waals surface area contributed by atoms with E-state index in [1.165, 1.54) is 12.3 Å². The number of hydrogen-bond acceptors (Lipinski definition) is 8. The molecule has 4 N–H and O–H groups in total. The Labute approximate surface area is 225 Å². The van der Waals surface area contributed by atoms with E-state index < -0.39 is 0 Å². The fourth-order valence-electron chi connectivity index (χ4n) is 4.37. The van der Waals surface area contributed by atoms with Crippen LogP contribution in [0.15, 0.2) is 36.7 Å². The molecule has 10 heteroatoms. The van der Waals surface area contributed by atoms with E-state index in [2.05, 4.69) is 44.7 Å². The molecule has 2 heterocycles. The summed E-state index contributed by atoms with van der Waals surface area (Å²) in [6.07, 6.45) is 12.3. The minimum atomic E-state index is -0.162. The maximum absolute atomic E-state index is 12.0. The van der Waals surface area contributed by atoms with Crippen molar-refractivity contribution in [3.8, 4) is 0 Å². The highest BCUT2D eigenvalue weighted by molar-refractivity contribution is 6.31. The van der Waals surface area contributed by atoms with Gasteiger partial charge in [-0.05, 0) is 57.8 Å². The van der Waals surface area contributed by atoms with E-state index in [9.17, 15) is 4.79 Å². The van der Waals surface area contributed by atoms with Gasteiger partial charge < -0.3 is 26.3 Å². The van der Waals surface area contributed by atoms with Crippen molar-refractivity contribution in [2.75, 3.05) is 31.3 Å². The second kappa shape index (κ2) is 14.2. The van der Waals surface area contributed by atoms with Gasteiger partial charge in [-0.15, -0.1) is 0 Å². The Morgan fingerprint density at radius 1 is 1.22 bits per heavy atom. The Kier molecular flexibility index (Phi) is 11.0. The molecule has 3 unspecified atom stereocenters. The van der Waals surface area contributed by atoms with Gasteiger partial charge in [0.15, 0.2) is 0 Å². The van der Waals surface area contributed by atoms with Crippen LogP contribution < -0.4 is 16.0 Å². The standard InChI is InChI=1S/C27H39ClN8O/c1-18(2)23(14-29)26-24(28)17-32-27(35-26)34-20-8-5-7-19(13-20)30-15-21-10-11-22(16-31-21)33-25(37)9-6-12-36(3)4/h6,9-11,14,16-20,23,29-30H,5,7-8,12-13,15H2,1-4H3,(H,33,37)(H,32,34,35). The highest BCUT2D eigenvalue weighted by atomic mass is 35.5. The van der Waals surface area contributed by atoms with Crippen LogP contribution in [0.5, 0.6) is 0 Å². The van der Waals surface area contributed by atoms with Gasteiger partial charge >= 0.3 is 0 Å². The number of amides is 1. The lowest BCUT2D eigenvalue weighted by atomic mass is 9.91. The summed E-state index contributed by atoms with van der Waals surface area (Å²) in [6, 6.07) is 4.42. The predicted octanol–water partition coefficient (Wildman–Crippen LogP) is 4.48. The van der Waals surface area contributed by atoms with Crippen LogP contribution in [0.4, 0.5) is 11.6 Å². The SMILES string of the molecule is CC(C)C(C=N)c1nc(NC2CCCC(NCc3ccc(NC(=O)C=CCN(C)C)cn3)C2)ncc1Cl. The first-order valence-corrected chi connectivity index (χ1v) is 13.2. The van der Waals surface area contributed by atoms with E-state index in [1.807, 2.05) is 37.2 Å². The fraction of sp³-hybridized carbons (Fsp3) is 0.519. The molecule has 1 aliphatic rings. The summed E-state index contributed by atoms with van der Waals surface area (Å²) in [5.74, 6) is 0.492. The molecule has 0 aliphatic heterocycles. The van der Waals surface area contributed by atoms with Gasteiger partial charge in [0.25, 0.3) is 0 Å². The second-order valence-corrected chi connectivity index (χ2v) is 10.5. The Morgan fingerprint density at radius 2 is 2.00 bits per heavy atom. The number of nitrogens with one attached hydrogen (secondary N) is 4. The van der Waals surface area contributed by atoms with Crippen molar-refractivity contribution in [2.24, 2.45) is 5.92 Å². The third-order valence-corrected chi connectivity index (χ3v) is 6.69. The van der Waals surface area contributed by atoms with Crippen LogP contribution in [-0.4, -0.2) is 64.7 Å². The van der Waals surface area contributed by atoms with Crippen molar-refractivity contribution in [3.63, 3.8) is 0 Å².